The largest absolute Gasteiger partial charge is 0.467 e. The molecule has 1 atom stereocenters. The minimum atomic E-state index is -3.91. The summed E-state index contributed by atoms with van der Waals surface area (Å²) in [6.07, 6.45) is 1.74. The molecule has 2 aromatic heterocycles. The van der Waals surface area contributed by atoms with Crippen LogP contribution in [0.2, 0.25) is 0 Å². The van der Waals surface area contributed by atoms with Gasteiger partial charge < -0.3 is 14.2 Å². The van der Waals surface area contributed by atoms with Gasteiger partial charge in [-0.05, 0) is 76.4 Å². The fraction of sp³-hybridized carbons (Fsp3) is 0.300. The first kappa shape index (κ1) is 28.2. The Hall–Kier alpha value is -4.38. The summed E-state index contributed by atoms with van der Waals surface area (Å²) in [5.74, 6) is 0.218. The topological polar surface area (TPSA) is 117 Å². The molecule has 11 heteroatoms. The van der Waals surface area contributed by atoms with Gasteiger partial charge in [-0.2, -0.15) is 0 Å². The van der Waals surface area contributed by atoms with Crippen molar-refractivity contribution in [1.82, 2.24) is 8.96 Å². The fourth-order valence-corrected chi connectivity index (χ4v) is 6.44. The third-order valence-corrected chi connectivity index (χ3v) is 8.49. The Balaban J connectivity index is 1.55. The van der Waals surface area contributed by atoms with Gasteiger partial charge in [0.05, 0.1) is 23.1 Å². The monoisotopic (exact) mass is 577 g/mol. The Morgan fingerprint density at radius 2 is 1.76 bits per heavy atom. The van der Waals surface area contributed by atoms with E-state index in [0.29, 0.717) is 41.1 Å². The second-order valence-electron chi connectivity index (χ2n) is 10.7. The first-order valence-corrected chi connectivity index (χ1v) is 14.5. The highest BCUT2D eigenvalue weighted by Crippen LogP contribution is 2.38. The molecule has 0 aliphatic carbocycles. The number of anilines is 1. The number of aryl methyl sites for hydroxylation is 2. The highest BCUT2D eigenvalue weighted by atomic mass is 32.2. The maximum absolute atomic E-state index is 13.5. The Labute approximate surface area is 238 Å². The number of carbonyl (C=O) groups is 2. The zero-order chi connectivity index (χ0) is 29.5. The summed E-state index contributed by atoms with van der Waals surface area (Å²) in [7, 11) is -2.62. The molecule has 0 bridgehead atoms. The van der Waals surface area contributed by atoms with E-state index in [-0.39, 0.29) is 10.5 Å². The van der Waals surface area contributed by atoms with Crippen LogP contribution in [0, 0.1) is 6.92 Å². The van der Waals surface area contributed by atoms with Gasteiger partial charge in [-0.3, -0.25) is 4.90 Å². The van der Waals surface area contributed by atoms with Crippen LogP contribution in [0.1, 0.15) is 38.4 Å². The summed E-state index contributed by atoms with van der Waals surface area (Å²) in [6, 6.07) is 15.9. The van der Waals surface area contributed by atoms with E-state index < -0.39 is 33.7 Å². The van der Waals surface area contributed by atoms with E-state index >= 15 is 0 Å². The molecule has 0 spiro atoms. The molecule has 0 saturated heterocycles. The van der Waals surface area contributed by atoms with Crippen molar-refractivity contribution in [2.75, 3.05) is 12.0 Å². The summed E-state index contributed by atoms with van der Waals surface area (Å²) in [4.78, 5) is 31.7. The number of hydrogen-bond donors (Lipinski definition) is 0. The third kappa shape index (κ3) is 5.37. The van der Waals surface area contributed by atoms with E-state index in [1.54, 1.807) is 70.2 Å². The number of fused-ring (bicyclic) bond motifs is 2. The lowest BCUT2D eigenvalue weighted by Gasteiger charge is -2.36. The van der Waals surface area contributed by atoms with Gasteiger partial charge in [-0.15, -0.1) is 0 Å². The van der Waals surface area contributed by atoms with Crippen molar-refractivity contribution in [2.24, 2.45) is 0 Å². The van der Waals surface area contributed by atoms with Crippen LogP contribution in [-0.2, 0) is 30.7 Å². The zero-order valence-corrected chi connectivity index (χ0v) is 24.3. The fourth-order valence-electron chi connectivity index (χ4n) is 4.92. The van der Waals surface area contributed by atoms with Crippen LogP contribution < -0.4 is 9.64 Å². The smallest absolute Gasteiger partial charge is 0.415 e. The highest BCUT2D eigenvalue weighted by molar-refractivity contribution is 7.90. The Morgan fingerprint density at radius 1 is 1.02 bits per heavy atom. The summed E-state index contributed by atoms with van der Waals surface area (Å²) in [5.41, 5.74) is 1.23. The minimum Gasteiger partial charge on any atom is -0.467 e. The number of amides is 1. The lowest BCUT2D eigenvalue weighted by Crippen LogP contribution is -2.50. The average Bonchev–Trinajstić information content (AvgIpc) is 3.29. The molecule has 41 heavy (non-hydrogen) atoms. The molecule has 10 nitrogen and oxygen atoms in total. The predicted octanol–water partition coefficient (Wildman–Crippen LogP) is 5.60. The molecular formula is C30H31N3O7S. The summed E-state index contributed by atoms with van der Waals surface area (Å²) >= 11 is 0. The standard InChI is InChI=1S/C30H31N3O7S/c1-19-17-23-26(15-16-31-27(23)33(19)41(36,37)22-9-7-6-8-10-22)39-21-13-11-20-12-14-24(28(34)38-5)32(25(20)18-21)29(35)40-30(2,3)4/h6-11,13,15-18,24H,12,14H2,1-5H3. The van der Waals surface area contributed by atoms with Gasteiger partial charge in [0.2, 0.25) is 0 Å². The van der Waals surface area contributed by atoms with E-state index in [1.165, 1.54) is 34.3 Å². The van der Waals surface area contributed by atoms with Crippen LogP contribution >= 0.6 is 0 Å². The Bertz CT molecular complexity index is 1740. The van der Waals surface area contributed by atoms with Crippen LogP contribution in [0.25, 0.3) is 11.0 Å². The molecule has 4 aromatic rings. The molecule has 0 saturated carbocycles. The minimum absolute atomic E-state index is 0.144. The summed E-state index contributed by atoms with van der Waals surface area (Å²) < 4.78 is 45.0. The van der Waals surface area contributed by atoms with E-state index in [1.807, 2.05) is 6.07 Å². The van der Waals surface area contributed by atoms with E-state index in [0.717, 1.165) is 5.56 Å². The number of aromatic nitrogens is 2. The Kier molecular flexibility index (Phi) is 7.24. The molecule has 1 amide bonds. The van der Waals surface area contributed by atoms with Gasteiger partial charge in [-0.25, -0.2) is 27.0 Å². The van der Waals surface area contributed by atoms with Crippen molar-refractivity contribution in [3.8, 4) is 11.5 Å². The van der Waals surface area contributed by atoms with Crippen LogP contribution in [-0.4, -0.2) is 48.2 Å². The average molecular weight is 578 g/mol. The van der Waals surface area contributed by atoms with E-state index in [4.69, 9.17) is 14.2 Å². The molecule has 2 aromatic carbocycles. The van der Waals surface area contributed by atoms with Gasteiger partial charge >= 0.3 is 12.1 Å². The number of pyridine rings is 1. The number of nitrogens with zero attached hydrogens (tertiary/aromatic N) is 3. The highest BCUT2D eigenvalue weighted by Gasteiger charge is 2.39. The number of ether oxygens (including phenoxy) is 3. The Morgan fingerprint density at radius 3 is 2.44 bits per heavy atom. The molecule has 214 valence electrons. The number of methoxy groups -OCH3 is 1. The first-order chi connectivity index (χ1) is 19.4. The SMILES string of the molecule is COC(=O)C1CCc2ccc(Oc3ccnc4c3cc(C)n4S(=O)(=O)c3ccccc3)cc2N1C(=O)OC(C)(C)C. The molecule has 1 aliphatic heterocycles. The van der Waals surface area contributed by atoms with Crippen molar-refractivity contribution < 1.29 is 32.2 Å². The van der Waals surface area contributed by atoms with Crippen molar-refractivity contribution in [3.63, 3.8) is 0 Å². The van der Waals surface area contributed by atoms with Crippen molar-refractivity contribution in [2.45, 2.75) is 57.1 Å². The quantitative estimate of drug-likeness (QED) is 0.281. The zero-order valence-electron chi connectivity index (χ0n) is 23.5. The summed E-state index contributed by atoms with van der Waals surface area (Å²) in [6.45, 7) is 6.95. The second-order valence-corrected chi connectivity index (χ2v) is 12.5. The molecule has 0 fully saturated rings. The number of carbonyl (C=O) groups excluding carboxylic acids is 2. The van der Waals surface area contributed by atoms with E-state index in [9.17, 15) is 18.0 Å². The van der Waals surface area contributed by atoms with Gasteiger partial charge in [0, 0.05) is 18.0 Å². The summed E-state index contributed by atoms with van der Waals surface area (Å²) in [5, 5.41) is 0.499. The van der Waals surface area contributed by atoms with E-state index in [2.05, 4.69) is 4.98 Å². The van der Waals surface area contributed by atoms with Crippen LogP contribution in [0.3, 0.4) is 0 Å². The number of benzene rings is 2. The van der Waals surface area contributed by atoms with Gasteiger partial charge in [0.1, 0.15) is 23.1 Å². The third-order valence-electron chi connectivity index (χ3n) is 6.68. The number of rotatable bonds is 5. The molecule has 1 unspecified atom stereocenters. The van der Waals surface area contributed by atoms with Gasteiger partial charge in [-0.1, -0.05) is 24.3 Å². The number of hydrogen-bond acceptors (Lipinski definition) is 8. The number of esters is 1. The second kappa shape index (κ2) is 10.5. The van der Waals surface area contributed by atoms with Crippen LogP contribution in [0.4, 0.5) is 10.5 Å². The lowest BCUT2D eigenvalue weighted by molar-refractivity contribution is -0.142. The van der Waals surface area contributed by atoms with Gasteiger partial charge in [0.25, 0.3) is 10.0 Å². The molecule has 0 radical (unpaired) electrons. The van der Waals surface area contributed by atoms with Gasteiger partial charge in [0.15, 0.2) is 5.65 Å². The maximum Gasteiger partial charge on any atom is 0.415 e. The molecular weight excluding hydrogens is 546 g/mol. The normalized spacial score (nSPS) is 15.3. The first-order valence-electron chi connectivity index (χ1n) is 13.1. The molecule has 5 rings (SSSR count). The van der Waals surface area contributed by atoms with Crippen LogP contribution in [0.15, 0.2) is 71.8 Å². The van der Waals surface area contributed by atoms with Crippen molar-refractivity contribution in [1.29, 1.82) is 0 Å². The molecule has 0 N–H and O–H groups in total. The van der Waals surface area contributed by atoms with Crippen LogP contribution in [0.5, 0.6) is 11.5 Å². The maximum atomic E-state index is 13.5. The lowest BCUT2D eigenvalue weighted by atomic mass is 9.96. The predicted molar refractivity (Wildman–Crippen MR) is 153 cm³/mol. The molecule has 3 heterocycles. The van der Waals surface area contributed by atoms with Crippen molar-refractivity contribution in [3.05, 3.63) is 78.1 Å². The molecule has 1 aliphatic rings. The van der Waals surface area contributed by atoms with Crippen molar-refractivity contribution >= 4 is 38.8 Å².